The lowest BCUT2D eigenvalue weighted by atomic mass is 10.2. The normalized spacial score (nSPS) is 11.0. The van der Waals surface area contributed by atoms with Crippen LogP contribution in [0.3, 0.4) is 0 Å². The molecule has 5 nitrogen and oxygen atoms in total. The smallest absolute Gasteiger partial charge is 0.303 e. The Morgan fingerprint density at radius 2 is 2.15 bits per heavy atom. The molecule has 0 unspecified atom stereocenters. The second kappa shape index (κ2) is 5.42. The first kappa shape index (κ1) is 12.8. The molecule has 0 aliphatic rings. The molecule has 0 bridgehead atoms. The maximum atomic E-state index is 10.5. The van der Waals surface area contributed by atoms with E-state index in [0.29, 0.717) is 24.6 Å². The van der Waals surface area contributed by atoms with Gasteiger partial charge in [-0.1, -0.05) is 18.2 Å². The highest BCUT2D eigenvalue weighted by molar-refractivity contribution is 7.22. The average molecular weight is 288 g/mol. The quantitative estimate of drug-likeness (QED) is 0.779. The SMILES string of the molecule is O=C(O)CCCc1nnc(-c2cc3ccccc3s2)o1. The Labute approximate surface area is 118 Å². The summed E-state index contributed by atoms with van der Waals surface area (Å²) in [7, 11) is 0. The second-order valence-corrected chi connectivity index (χ2v) is 5.48. The van der Waals surface area contributed by atoms with Crippen LogP contribution in [0.2, 0.25) is 0 Å². The van der Waals surface area contributed by atoms with E-state index >= 15 is 0 Å². The van der Waals surface area contributed by atoms with Gasteiger partial charge in [0.1, 0.15) is 0 Å². The summed E-state index contributed by atoms with van der Waals surface area (Å²) in [6.45, 7) is 0. The third-order valence-corrected chi connectivity index (χ3v) is 3.99. The fraction of sp³-hybridized carbons (Fsp3) is 0.214. The van der Waals surface area contributed by atoms with Crippen LogP contribution in [-0.2, 0) is 11.2 Å². The third-order valence-electron chi connectivity index (χ3n) is 2.88. The molecule has 2 heterocycles. The molecule has 0 aliphatic carbocycles. The van der Waals surface area contributed by atoms with Crippen molar-refractivity contribution in [3.8, 4) is 10.8 Å². The van der Waals surface area contributed by atoms with Crippen molar-refractivity contribution in [3.05, 3.63) is 36.2 Å². The summed E-state index contributed by atoms with van der Waals surface area (Å²) < 4.78 is 6.75. The highest BCUT2D eigenvalue weighted by Gasteiger charge is 2.12. The Kier molecular flexibility index (Phi) is 3.47. The minimum absolute atomic E-state index is 0.112. The first-order valence-electron chi connectivity index (χ1n) is 6.25. The fourth-order valence-corrected chi connectivity index (χ4v) is 2.92. The van der Waals surface area contributed by atoms with E-state index in [2.05, 4.69) is 10.2 Å². The van der Waals surface area contributed by atoms with Crippen LogP contribution in [-0.4, -0.2) is 21.3 Å². The van der Waals surface area contributed by atoms with Crippen molar-refractivity contribution in [3.63, 3.8) is 0 Å². The fourth-order valence-electron chi connectivity index (χ4n) is 1.93. The van der Waals surface area contributed by atoms with Crippen LogP contribution in [0.4, 0.5) is 0 Å². The van der Waals surface area contributed by atoms with E-state index in [0.717, 1.165) is 10.3 Å². The minimum Gasteiger partial charge on any atom is -0.481 e. The van der Waals surface area contributed by atoms with Crippen molar-refractivity contribution in [2.24, 2.45) is 0 Å². The number of rotatable bonds is 5. The molecule has 6 heteroatoms. The van der Waals surface area contributed by atoms with Crippen molar-refractivity contribution >= 4 is 27.4 Å². The lowest BCUT2D eigenvalue weighted by molar-refractivity contribution is -0.137. The average Bonchev–Trinajstić information content (AvgIpc) is 3.03. The molecular weight excluding hydrogens is 276 g/mol. The van der Waals surface area contributed by atoms with Crippen molar-refractivity contribution in [2.45, 2.75) is 19.3 Å². The highest BCUT2D eigenvalue weighted by atomic mass is 32.1. The number of aryl methyl sites for hydroxylation is 1. The zero-order valence-corrected chi connectivity index (χ0v) is 11.4. The highest BCUT2D eigenvalue weighted by Crippen LogP contribution is 2.32. The van der Waals surface area contributed by atoms with Gasteiger partial charge in [-0.3, -0.25) is 4.79 Å². The van der Waals surface area contributed by atoms with Gasteiger partial charge in [0.05, 0.1) is 4.88 Å². The number of fused-ring (bicyclic) bond motifs is 1. The van der Waals surface area contributed by atoms with Crippen LogP contribution in [0.25, 0.3) is 20.9 Å². The van der Waals surface area contributed by atoms with Gasteiger partial charge in [0, 0.05) is 17.5 Å². The van der Waals surface area contributed by atoms with E-state index in [1.165, 1.54) is 4.70 Å². The van der Waals surface area contributed by atoms with Gasteiger partial charge in [0.15, 0.2) is 0 Å². The molecule has 3 rings (SSSR count). The van der Waals surface area contributed by atoms with Crippen LogP contribution in [0, 0.1) is 0 Å². The Bertz CT molecular complexity index is 715. The number of aliphatic carboxylic acids is 1. The minimum atomic E-state index is -0.811. The van der Waals surface area contributed by atoms with Gasteiger partial charge >= 0.3 is 5.97 Å². The van der Waals surface area contributed by atoms with Crippen LogP contribution < -0.4 is 0 Å². The molecule has 20 heavy (non-hydrogen) atoms. The Balaban J connectivity index is 1.77. The molecular formula is C14H12N2O3S. The van der Waals surface area contributed by atoms with Crippen LogP contribution in [0.1, 0.15) is 18.7 Å². The lowest BCUT2D eigenvalue weighted by Crippen LogP contribution is -1.95. The predicted octanol–water partition coefficient (Wildman–Crippen LogP) is 3.36. The maximum absolute atomic E-state index is 10.5. The van der Waals surface area contributed by atoms with Crippen molar-refractivity contribution < 1.29 is 14.3 Å². The van der Waals surface area contributed by atoms with Crippen LogP contribution in [0.5, 0.6) is 0 Å². The zero-order chi connectivity index (χ0) is 13.9. The molecule has 2 aromatic heterocycles. The van der Waals surface area contributed by atoms with Gasteiger partial charge in [0.2, 0.25) is 5.89 Å². The monoisotopic (exact) mass is 288 g/mol. The Morgan fingerprint density at radius 3 is 2.95 bits per heavy atom. The molecule has 0 aliphatic heterocycles. The maximum Gasteiger partial charge on any atom is 0.303 e. The summed E-state index contributed by atoms with van der Waals surface area (Å²) in [4.78, 5) is 11.4. The summed E-state index contributed by atoms with van der Waals surface area (Å²) in [6, 6.07) is 10.1. The number of carbonyl (C=O) groups is 1. The van der Waals surface area contributed by atoms with Gasteiger partial charge < -0.3 is 9.52 Å². The molecule has 0 amide bonds. The van der Waals surface area contributed by atoms with E-state index < -0.39 is 5.97 Å². The first-order valence-corrected chi connectivity index (χ1v) is 7.07. The third kappa shape index (κ3) is 2.70. The van der Waals surface area contributed by atoms with E-state index in [9.17, 15) is 4.79 Å². The molecule has 0 fully saturated rings. The van der Waals surface area contributed by atoms with Gasteiger partial charge in [-0.25, -0.2) is 0 Å². The molecule has 3 aromatic rings. The molecule has 1 N–H and O–H groups in total. The predicted molar refractivity (Wildman–Crippen MR) is 75.7 cm³/mol. The Morgan fingerprint density at radius 1 is 1.30 bits per heavy atom. The molecule has 1 aromatic carbocycles. The summed E-state index contributed by atoms with van der Waals surface area (Å²) in [5.74, 6) is 0.171. The van der Waals surface area contributed by atoms with E-state index in [-0.39, 0.29) is 6.42 Å². The van der Waals surface area contributed by atoms with Crippen molar-refractivity contribution in [1.29, 1.82) is 0 Å². The molecule has 0 saturated carbocycles. The van der Waals surface area contributed by atoms with E-state index in [4.69, 9.17) is 9.52 Å². The lowest BCUT2D eigenvalue weighted by Gasteiger charge is -1.91. The second-order valence-electron chi connectivity index (χ2n) is 4.40. The number of hydrogen-bond donors (Lipinski definition) is 1. The number of thiophene rings is 1. The molecule has 0 saturated heterocycles. The van der Waals surface area contributed by atoms with E-state index in [1.807, 2.05) is 30.3 Å². The first-order chi connectivity index (χ1) is 9.72. The van der Waals surface area contributed by atoms with Crippen molar-refractivity contribution in [2.75, 3.05) is 0 Å². The molecule has 0 radical (unpaired) electrons. The van der Waals surface area contributed by atoms with Gasteiger partial charge in [-0.05, 0) is 23.9 Å². The summed E-state index contributed by atoms with van der Waals surface area (Å²) in [5, 5.41) is 17.7. The van der Waals surface area contributed by atoms with Crippen LogP contribution >= 0.6 is 11.3 Å². The molecule has 102 valence electrons. The summed E-state index contributed by atoms with van der Waals surface area (Å²) in [6.07, 6.45) is 1.11. The number of benzene rings is 1. The number of nitrogens with zero attached hydrogens (tertiary/aromatic N) is 2. The van der Waals surface area contributed by atoms with Crippen LogP contribution in [0.15, 0.2) is 34.7 Å². The standard InChI is InChI=1S/C14H12N2O3S/c17-13(18)7-3-6-12-15-16-14(19-12)11-8-9-4-1-2-5-10(9)20-11/h1-2,4-5,8H,3,6-7H2,(H,17,18). The molecule has 0 atom stereocenters. The van der Waals surface area contributed by atoms with Gasteiger partial charge in [-0.15, -0.1) is 21.5 Å². The number of carboxylic acid groups (broad SMARTS) is 1. The topological polar surface area (TPSA) is 76.2 Å². The number of carboxylic acids is 1. The number of aromatic nitrogens is 2. The largest absolute Gasteiger partial charge is 0.481 e. The molecule has 0 spiro atoms. The van der Waals surface area contributed by atoms with E-state index in [1.54, 1.807) is 11.3 Å². The van der Waals surface area contributed by atoms with Gasteiger partial charge in [-0.2, -0.15) is 0 Å². The Hall–Kier alpha value is -2.21. The summed E-state index contributed by atoms with van der Waals surface area (Å²) >= 11 is 1.60. The number of hydrogen-bond acceptors (Lipinski definition) is 5. The summed E-state index contributed by atoms with van der Waals surface area (Å²) in [5.41, 5.74) is 0. The van der Waals surface area contributed by atoms with Crippen molar-refractivity contribution in [1.82, 2.24) is 10.2 Å². The van der Waals surface area contributed by atoms with Gasteiger partial charge in [0.25, 0.3) is 5.89 Å². The zero-order valence-electron chi connectivity index (χ0n) is 10.6.